The van der Waals surface area contributed by atoms with Crippen molar-refractivity contribution < 1.29 is 0 Å². The normalized spacial score (nSPS) is 11.2. The van der Waals surface area contributed by atoms with Gasteiger partial charge in [0.25, 0.3) is 0 Å². The highest BCUT2D eigenvalue weighted by atomic mass is 15.1. The molecule has 0 atom stereocenters. The molecule has 0 spiro atoms. The van der Waals surface area contributed by atoms with Crippen molar-refractivity contribution in [3.05, 3.63) is 48.0 Å². The third-order valence-corrected chi connectivity index (χ3v) is 2.64. The number of nitriles is 1. The molecule has 0 saturated carbocycles. The van der Waals surface area contributed by atoms with E-state index in [4.69, 9.17) is 11.0 Å². The number of nitrogens with two attached hydrogens (primary N) is 1. The standard InChI is InChI=1S/C14H16N4/c1-14(2,16)7-12-9-17-10-18(12)13-6-4-3-5-11(13)8-15/h3-6,9-10H,7,16H2,1-2H3. The first kappa shape index (κ1) is 12.3. The average Bonchev–Trinajstić information content (AvgIpc) is 2.74. The summed E-state index contributed by atoms with van der Waals surface area (Å²) in [5, 5.41) is 9.13. The molecule has 4 heteroatoms. The van der Waals surface area contributed by atoms with Crippen molar-refractivity contribution in [3.8, 4) is 11.8 Å². The Morgan fingerprint density at radius 1 is 1.39 bits per heavy atom. The first-order valence-electron chi connectivity index (χ1n) is 5.81. The van der Waals surface area contributed by atoms with Gasteiger partial charge in [0.1, 0.15) is 6.07 Å². The van der Waals surface area contributed by atoms with Crippen molar-refractivity contribution in [1.82, 2.24) is 9.55 Å². The Morgan fingerprint density at radius 3 is 2.78 bits per heavy atom. The highest BCUT2D eigenvalue weighted by molar-refractivity contribution is 5.49. The van der Waals surface area contributed by atoms with E-state index in [9.17, 15) is 0 Å². The van der Waals surface area contributed by atoms with Crippen LogP contribution in [0.5, 0.6) is 0 Å². The van der Waals surface area contributed by atoms with Crippen LogP contribution in [-0.2, 0) is 6.42 Å². The molecular formula is C14H16N4. The molecule has 0 radical (unpaired) electrons. The minimum atomic E-state index is -0.306. The van der Waals surface area contributed by atoms with E-state index in [-0.39, 0.29) is 5.54 Å². The summed E-state index contributed by atoms with van der Waals surface area (Å²) >= 11 is 0. The maximum absolute atomic E-state index is 9.13. The molecule has 0 aliphatic carbocycles. The van der Waals surface area contributed by atoms with Gasteiger partial charge in [0.2, 0.25) is 0 Å². The van der Waals surface area contributed by atoms with Gasteiger partial charge in [-0.05, 0) is 26.0 Å². The van der Waals surface area contributed by atoms with Crippen molar-refractivity contribution >= 4 is 0 Å². The lowest BCUT2D eigenvalue weighted by molar-refractivity contribution is 0.506. The topological polar surface area (TPSA) is 67.6 Å². The molecule has 1 aromatic heterocycles. The maximum Gasteiger partial charge on any atom is 0.101 e. The van der Waals surface area contributed by atoms with Crippen LogP contribution in [0.1, 0.15) is 25.1 Å². The van der Waals surface area contributed by atoms with Crippen molar-refractivity contribution in [3.63, 3.8) is 0 Å². The average molecular weight is 240 g/mol. The maximum atomic E-state index is 9.13. The summed E-state index contributed by atoms with van der Waals surface area (Å²) in [7, 11) is 0. The molecule has 92 valence electrons. The fourth-order valence-electron chi connectivity index (χ4n) is 1.92. The van der Waals surface area contributed by atoms with Gasteiger partial charge in [-0.1, -0.05) is 12.1 Å². The Kier molecular flexibility index (Phi) is 3.17. The predicted octanol–water partition coefficient (Wildman–Crippen LogP) is 2.02. The highest BCUT2D eigenvalue weighted by Crippen LogP contribution is 2.18. The van der Waals surface area contributed by atoms with E-state index in [1.165, 1.54) is 0 Å². The van der Waals surface area contributed by atoms with Crippen molar-refractivity contribution in [1.29, 1.82) is 5.26 Å². The van der Waals surface area contributed by atoms with Gasteiger partial charge in [0, 0.05) is 23.9 Å². The van der Waals surface area contributed by atoms with Crippen molar-refractivity contribution in [2.75, 3.05) is 0 Å². The molecule has 0 fully saturated rings. The van der Waals surface area contributed by atoms with E-state index in [0.29, 0.717) is 12.0 Å². The SMILES string of the molecule is CC(C)(N)Cc1cncn1-c1ccccc1C#N. The first-order chi connectivity index (χ1) is 8.51. The number of hydrogen-bond acceptors (Lipinski definition) is 3. The number of benzene rings is 1. The van der Waals surface area contributed by atoms with E-state index < -0.39 is 0 Å². The van der Waals surface area contributed by atoms with Crippen LogP contribution in [0.25, 0.3) is 5.69 Å². The minimum Gasteiger partial charge on any atom is -0.325 e. The van der Waals surface area contributed by atoms with E-state index in [1.807, 2.05) is 36.6 Å². The van der Waals surface area contributed by atoms with E-state index >= 15 is 0 Å². The Morgan fingerprint density at radius 2 is 2.11 bits per heavy atom. The Balaban J connectivity index is 2.47. The van der Waals surface area contributed by atoms with E-state index in [2.05, 4.69) is 11.1 Å². The van der Waals surface area contributed by atoms with Gasteiger partial charge in [-0.3, -0.25) is 0 Å². The second kappa shape index (κ2) is 4.63. The summed E-state index contributed by atoms with van der Waals surface area (Å²) in [5.74, 6) is 0. The molecule has 1 aromatic carbocycles. The third kappa shape index (κ3) is 2.58. The van der Waals surface area contributed by atoms with Gasteiger partial charge in [-0.15, -0.1) is 0 Å². The second-order valence-corrected chi connectivity index (χ2v) is 5.05. The number of nitrogens with zero attached hydrogens (tertiary/aromatic N) is 3. The first-order valence-corrected chi connectivity index (χ1v) is 5.81. The lowest BCUT2D eigenvalue weighted by atomic mass is 10.0. The molecule has 2 aromatic rings. The zero-order valence-electron chi connectivity index (χ0n) is 10.6. The predicted molar refractivity (Wildman–Crippen MR) is 70.2 cm³/mol. The van der Waals surface area contributed by atoms with Crippen LogP contribution in [0, 0.1) is 11.3 Å². The summed E-state index contributed by atoms with van der Waals surface area (Å²) in [6.07, 6.45) is 4.22. The fourth-order valence-corrected chi connectivity index (χ4v) is 1.92. The van der Waals surface area contributed by atoms with Crippen LogP contribution in [-0.4, -0.2) is 15.1 Å². The van der Waals surface area contributed by atoms with Crippen LogP contribution < -0.4 is 5.73 Å². The van der Waals surface area contributed by atoms with E-state index in [1.54, 1.807) is 18.6 Å². The van der Waals surface area contributed by atoms with Crippen molar-refractivity contribution in [2.24, 2.45) is 5.73 Å². The van der Waals surface area contributed by atoms with Crippen LogP contribution >= 0.6 is 0 Å². The molecule has 2 rings (SSSR count). The van der Waals surface area contributed by atoms with Crippen LogP contribution in [0.4, 0.5) is 0 Å². The van der Waals surface area contributed by atoms with Gasteiger partial charge in [0.05, 0.1) is 17.6 Å². The van der Waals surface area contributed by atoms with Gasteiger partial charge < -0.3 is 10.3 Å². The third-order valence-electron chi connectivity index (χ3n) is 2.64. The van der Waals surface area contributed by atoms with Gasteiger partial charge in [-0.2, -0.15) is 5.26 Å². The van der Waals surface area contributed by atoms with Gasteiger partial charge in [-0.25, -0.2) is 4.98 Å². The molecule has 0 bridgehead atoms. The molecule has 0 unspecified atom stereocenters. The van der Waals surface area contributed by atoms with Crippen molar-refractivity contribution in [2.45, 2.75) is 25.8 Å². The molecule has 2 N–H and O–H groups in total. The lowest BCUT2D eigenvalue weighted by Crippen LogP contribution is -2.35. The summed E-state index contributed by atoms with van der Waals surface area (Å²) in [6, 6.07) is 9.67. The number of aromatic nitrogens is 2. The van der Waals surface area contributed by atoms with Crippen LogP contribution in [0.15, 0.2) is 36.8 Å². The molecule has 0 aliphatic rings. The zero-order chi connectivity index (χ0) is 13.2. The Labute approximate surface area is 107 Å². The summed E-state index contributed by atoms with van der Waals surface area (Å²) in [5.41, 5.74) is 8.21. The number of rotatable bonds is 3. The quantitative estimate of drug-likeness (QED) is 0.892. The van der Waals surface area contributed by atoms with E-state index in [0.717, 1.165) is 11.4 Å². The molecule has 0 amide bonds. The molecule has 0 saturated heterocycles. The molecule has 4 nitrogen and oxygen atoms in total. The summed E-state index contributed by atoms with van der Waals surface area (Å²) < 4.78 is 1.92. The molecule has 18 heavy (non-hydrogen) atoms. The second-order valence-electron chi connectivity index (χ2n) is 5.05. The largest absolute Gasteiger partial charge is 0.325 e. The number of imidazole rings is 1. The zero-order valence-corrected chi connectivity index (χ0v) is 10.6. The summed E-state index contributed by atoms with van der Waals surface area (Å²) in [6.45, 7) is 3.95. The van der Waals surface area contributed by atoms with Crippen LogP contribution in [0.3, 0.4) is 0 Å². The monoisotopic (exact) mass is 240 g/mol. The van der Waals surface area contributed by atoms with Gasteiger partial charge >= 0.3 is 0 Å². The van der Waals surface area contributed by atoms with Crippen LogP contribution in [0.2, 0.25) is 0 Å². The number of hydrogen-bond donors (Lipinski definition) is 1. The fraction of sp³-hybridized carbons (Fsp3) is 0.286. The molecular weight excluding hydrogens is 224 g/mol. The molecule has 0 aliphatic heterocycles. The summed E-state index contributed by atoms with van der Waals surface area (Å²) in [4.78, 5) is 4.16. The number of para-hydroxylation sites is 1. The highest BCUT2D eigenvalue weighted by Gasteiger charge is 2.16. The smallest absolute Gasteiger partial charge is 0.101 e. The Bertz CT molecular complexity index is 584. The molecule has 1 heterocycles. The van der Waals surface area contributed by atoms with Gasteiger partial charge in [0.15, 0.2) is 0 Å². The minimum absolute atomic E-state index is 0.306. The lowest BCUT2D eigenvalue weighted by Gasteiger charge is -2.19. The Hall–Kier alpha value is -2.12.